The molecule has 4 atom stereocenters. The molecule has 2 amide bonds. The highest BCUT2D eigenvalue weighted by Gasteiger charge is 2.45. The molecule has 2 aromatic carbocycles. The second-order valence-electron chi connectivity index (χ2n) is 10.1. The van der Waals surface area contributed by atoms with E-state index in [9.17, 15) is 15.0 Å². The number of carbonyl (C=O) groups is 1. The first-order chi connectivity index (χ1) is 17.7. The molecule has 2 aliphatic rings. The van der Waals surface area contributed by atoms with Crippen LogP contribution in [0.5, 0.6) is 0 Å². The van der Waals surface area contributed by atoms with E-state index >= 15 is 4.39 Å². The highest BCUT2D eigenvalue weighted by atomic mass is 19.1. The number of amides is 2. The Balaban J connectivity index is 1.68. The standard InChI is InChI=1S/C28H38FN3O5/c1-19-7-5-8-20(15-19)26-21(9-6-10-22(26)29)28(35,11-3-4-13-36-2)25-18-31(12-14-37-25)27(34)32-16-23(30)24(33)17-32/h5-10,15,23-25,33,35H,3-4,11-14,16-18,30H2,1-2H3/t23-,24+,25-,28+/m1/s1. The average Bonchev–Trinajstić information content (AvgIpc) is 3.23. The first-order valence-corrected chi connectivity index (χ1v) is 12.9. The lowest BCUT2D eigenvalue weighted by atomic mass is 9.78. The lowest BCUT2D eigenvalue weighted by molar-refractivity contribution is -0.147. The third-order valence-corrected chi connectivity index (χ3v) is 7.42. The number of carbonyl (C=O) groups excluding carboxylic acids is 1. The van der Waals surface area contributed by atoms with Gasteiger partial charge in [0.25, 0.3) is 0 Å². The number of aliphatic hydroxyl groups is 2. The number of aliphatic hydroxyl groups excluding tert-OH is 1. The van der Waals surface area contributed by atoms with Crippen LogP contribution in [-0.2, 0) is 15.1 Å². The minimum atomic E-state index is -1.56. The number of unbranched alkanes of at least 4 members (excludes halogenated alkanes) is 1. The molecule has 0 aromatic heterocycles. The third-order valence-electron chi connectivity index (χ3n) is 7.42. The first kappa shape index (κ1) is 27.5. The second-order valence-corrected chi connectivity index (χ2v) is 10.1. The summed E-state index contributed by atoms with van der Waals surface area (Å²) in [4.78, 5) is 16.4. The van der Waals surface area contributed by atoms with Crippen LogP contribution in [0.3, 0.4) is 0 Å². The van der Waals surface area contributed by atoms with Crippen molar-refractivity contribution in [2.75, 3.05) is 46.5 Å². The van der Waals surface area contributed by atoms with Crippen LogP contribution in [0.15, 0.2) is 42.5 Å². The minimum Gasteiger partial charge on any atom is -0.390 e. The first-order valence-electron chi connectivity index (χ1n) is 12.9. The number of rotatable bonds is 8. The Kier molecular flexibility index (Phi) is 8.82. The summed E-state index contributed by atoms with van der Waals surface area (Å²) in [6.45, 7) is 3.63. The van der Waals surface area contributed by atoms with Crippen LogP contribution in [0.1, 0.15) is 30.4 Å². The van der Waals surface area contributed by atoms with E-state index in [1.54, 1.807) is 24.1 Å². The maximum atomic E-state index is 15.4. The monoisotopic (exact) mass is 515 g/mol. The number of aryl methyl sites for hydroxylation is 1. The molecule has 2 saturated heterocycles. The van der Waals surface area contributed by atoms with E-state index in [0.717, 1.165) is 5.56 Å². The molecule has 0 radical (unpaired) electrons. The molecule has 0 saturated carbocycles. The van der Waals surface area contributed by atoms with Crippen LogP contribution in [0.2, 0.25) is 0 Å². The summed E-state index contributed by atoms with van der Waals surface area (Å²) in [6.07, 6.45) is 0.0996. The Bertz CT molecular complexity index is 1080. The summed E-state index contributed by atoms with van der Waals surface area (Å²) >= 11 is 0. The number of likely N-dealkylation sites (tertiary alicyclic amines) is 1. The predicted molar refractivity (Wildman–Crippen MR) is 138 cm³/mol. The quantitative estimate of drug-likeness (QED) is 0.467. The zero-order valence-corrected chi connectivity index (χ0v) is 21.6. The summed E-state index contributed by atoms with van der Waals surface area (Å²) in [7, 11) is 1.63. The normalized spacial score (nSPS) is 23.8. The van der Waals surface area contributed by atoms with Crippen molar-refractivity contribution in [1.29, 1.82) is 0 Å². The maximum Gasteiger partial charge on any atom is 0.320 e. The van der Waals surface area contributed by atoms with Crippen molar-refractivity contribution < 1.29 is 28.9 Å². The number of benzene rings is 2. The molecule has 8 nitrogen and oxygen atoms in total. The Morgan fingerprint density at radius 3 is 2.68 bits per heavy atom. The number of ether oxygens (including phenoxy) is 2. The highest BCUT2D eigenvalue weighted by Crippen LogP contribution is 2.41. The summed E-state index contributed by atoms with van der Waals surface area (Å²) in [5.74, 6) is -0.429. The Hall–Kier alpha value is -2.56. The second kappa shape index (κ2) is 11.9. The molecule has 2 fully saturated rings. The lowest BCUT2D eigenvalue weighted by Gasteiger charge is -2.44. The van der Waals surface area contributed by atoms with Crippen molar-refractivity contribution in [2.24, 2.45) is 5.73 Å². The molecular weight excluding hydrogens is 477 g/mol. The molecule has 4 rings (SSSR count). The van der Waals surface area contributed by atoms with Gasteiger partial charge in [-0.25, -0.2) is 9.18 Å². The Morgan fingerprint density at radius 2 is 1.97 bits per heavy atom. The fourth-order valence-corrected chi connectivity index (χ4v) is 5.37. The van der Waals surface area contributed by atoms with E-state index in [1.165, 1.54) is 11.0 Å². The predicted octanol–water partition coefficient (Wildman–Crippen LogP) is 2.63. The summed E-state index contributed by atoms with van der Waals surface area (Å²) in [5, 5.41) is 22.4. The van der Waals surface area contributed by atoms with E-state index < -0.39 is 29.7 Å². The van der Waals surface area contributed by atoms with Crippen molar-refractivity contribution >= 4 is 6.03 Å². The van der Waals surface area contributed by atoms with Crippen LogP contribution in [0.4, 0.5) is 9.18 Å². The number of halogens is 1. The van der Waals surface area contributed by atoms with Gasteiger partial charge in [0, 0.05) is 45.0 Å². The van der Waals surface area contributed by atoms with Crippen LogP contribution < -0.4 is 5.73 Å². The number of nitrogens with zero attached hydrogens (tertiary/aromatic N) is 2. The summed E-state index contributed by atoms with van der Waals surface area (Å²) in [5.41, 5.74) is 6.78. The third kappa shape index (κ3) is 5.97. The van der Waals surface area contributed by atoms with Gasteiger partial charge in [0.2, 0.25) is 0 Å². The molecular formula is C28H38FN3O5. The lowest BCUT2D eigenvalue weighted by Crippen LogP contribution is -2.57. The van der Waals surface area contributed by atoms with Gasteiger partial charge in [-0.15, -0.1) is 0 Å². The Labute approximate surface area is 217 Å². The SMILES string of the molecule is COCCCC[C@](O)(c1cccc(F)c1-c1cccc(C)c1)[C@H]1CN(C(=O)N2C[C@@H](N)[C@@H](O)C2)CCO1. The number of morpholine rings is 1. The molecule has 2 heterocycles. The molecule has 202 valence electrons. The highest BCUT2D eigenvalue weighted by molar-refractivity contribution is 5.75. The van der Waals surface area contributed by atoms with Gasteiger partial charge in [-0.05, 0) is 43.4 Å². The fraction of sp³-hybridized carbons (Fsp3) is 0.536. The van der Waals surface area contributed by atoms with Crippen LogP contribution >= 0.6 is 0 Å². The van der Waals surface area contributed by atoms with Crippen molar-refractivity contribution in [2.45, 2.75) is 50.0 Å². The van der Waals surface area contributed by atoms with E-state index in [2.05, 4.69) is 0 Å². The van der Waals surface area contributed by atoms with Gasteiger partial charge in [0.05, 0.1) is 19.3 Å². The largest absolute Gasteiger partial charge is 0.390 e. The maximum absolute atomic E-state index is 15.4. The molecule has 37 heavy (non-hydrogen) atoms. The van der Waals surface area contributed by atoms with Crippen LogP contribution in [-0.4, -0.2) is 90.8 Å². The van der Waals surface area contributed by atoms with Gasteiger partial charge in [0.15, 0.2) is 0 Å². The fourth-order valence-electron chi connectivity index (χ4n) is 5.37. The van der Waals surface area contributed by atoms with E-state index in [-0.39, 0.29) is 32.3 Å². The van der Waals surface area contributed by atoms with Crippen LogP contribution in [0.25, 0.3) is 11.1 Å². The zero-order valence-electron chi connectivity index (χ0n) is 21.6. The van der Waals surface area contributed by atoms with Gasteiger partial charge in [-0.2, -0.15) is 0 Å². The Morgan fingerprint density at radius 1 is 1.19 bits per heavy atom. The molecule has 2 aliphatic heterocycles. The van der Waals surface area contributed by atoms with E-state index in [4.69, 9.17) is 15.2 Å². The van der Waals surface area contributed by atoms with Crippen molar-refractivity contribution in [3.63, 3.8) is 0 Å². The number of methoxy groups -OCH3 is 1. The van der Waals surface area contributed by atoms with E-state index in [1.807, 2.05) is 31.2 Å². The molecule has 0 unspecified atom stereocenters. The number of hydrogen-bond donors (Lipinski definition) is 3. The molecule has 0 spiro atoms. The van der Waals surface area contributed by atoms with Crippen molar-refractivity contribution in [3.05, 3.63) is 59.4 Å². The smallest absolute Gasteiger partial charge is 0.320 e. The molecule has 0 bridgehead atoms. The summed E-state index contributed by atoms with van der Waals surface area (Å²) < 4.78 is 26.7. The minimum absolute atomic E-state index is 0.130. The van der Waals surface area contributed by atoms with Gasteiger partial charge >= 0.3 is 6.03 Å². The average molecular weight is 516 g/mol. The van der Waals surface area contributed by atoms with Crippen molar-refractivity contribution in [1.82, 2.24) is 9.80 Å². The number of hydrogen-bond acceptors (Lipinski definition) is 6. The molecule has 0 aliphatic carbocycles. The van der Waals surface area contributed by atoms with Gasteiger partial charge in [-0.1, -0.05) is 42.0 Å². The number of urea groups is 1. The van der Waals surface area contributed by atoms with Crippen LogP contribution in [0, 0.1) is 12.7 Å². The summed E-state index contributed by atoms with van der Waals surface area (Å²) in [6, 6.07) is 11.5. The van der Waals surface area contributed by atoms with Gasteiger partial charge in [-0.3, -0.25) is 0 Å². The molecule has 9 heteroatoms. The number of β-amino-alcohol motifs (C(OH)–C–C–N with tert-alkyl or cyclic N) is 1. The van der Waals surface area contributed by atoms with Gasteiger partial charge in [0.1, 0.15) is 17.5 Å². The van der Waals surface area contributed by atoms with E-state index in [0.29, 0.717) is 49.1 Å². The zero-order chi connectivity index (χ0) is 26.6. The van der Waals surface area contributed by atoms with Crippen molar-refractivity contribution in [3.8, 4) is 11.1 Å². The molecule has 4 N–H and O–H groups in total. The van der Waals surface area contributed by atoms with Gasteiger partial charge < -0.3 is 35.2 Å². The molecule has 2 aromatic rings. The number of nitrogens with two attached hydrogens (primary N) is 1. The topological polar surface area (TPSA) is 108 Å².